The summed E-state index contributed by atoms with van der Waals surface area (Å²) in [6.07, 6.45) is 1.26. The van der Waals surface area contributed by atoms with Crippen molar-refractivity contribution in [3.63, 3.8) is 0 Å². The molecule has 0 aliphatic carbocycles. The maximum Gasteiger partial charge on any atom is 0.236 e. The predicted octanol–water partition coefficient (Wildman–Crippen LogP) is 3.28. The van der Waals surface area contributed by atoms with E-state index in [9.17, 15) is 17.2 Å². The van der Waals surface area contributed by atoms with Gasteiger partial charge in [0.25, 0.3) is 0 Å². The molecule has 0 fully saturated rings. The normalized spacial score (nSPS) is 20.6. The lowest BCUT2D eigenvalue weighted by Gasteiger charge is -2.22. The number of halogens is 4. The van der Waals surface area contributed by atoms with E-state index >= 15 is 0 Å². The van der Waals surface area contributed by atoms with E-state index in [-0.39, 0.29) is 5.03 Å². The first-order valence-corrected chi connectivity index (χ1v) is 8.38. The summed E-state index contributed by atoms with van der Waals surface area (Å²) in [6, 6.07) is 2.95. The molecule has 9 heteroatoms. The fourth-order valence-electron chi connectivity index (χ4n) is 1.74. The van der Waals surface area contributed by atoms with Gasteiger partial charge >= 0.3 is 0 Å². The summed E-state index contributed by atoms with van der Waals surface area (Å²) in [5, 5.41) is -0.373. The molecule has 0 spiro atoms. The minimum atomic E-state index is -4.38. The van der Waals surface area contributed by atoms with Crippen molar-refractivity contribution in [2.24, 2.45) is 0 Å². The molecule has 1 atom stereocenters. The Morgan fingerprint density at radius 1 is 1.33 bits per heavy atom. The second-order valence-electron chi connectivity index (χ2n) is 4.93. The molecule has 0 aromatic heterocycles. The lowest BCUT2D eigenvalue weighted by Crippen LogP contribution is -2.31. The lowest BCUT2D eigenvalue weighted by atomic mass is 10.1. The minimum absolute atomic E-state index is 0.373. The highest BCUT2D eigenvalue weighted by atomic mass is 79.9. The second kappa shape index (κ2) is 5.19. The summed E-state index contributed by atoms with van der Waals surface area (Å²) in [4.78, 5) is 5.04. The molecule has 1 N–H and O–H groups in total. The maximum atomic E-state index is 13.8. The maximum absolute atomic E-state index is 13.8. The standard InChI is InChI=1S/C12H11BrClF2NO3S/c1-11(2)6-9(17-20-11)21(18,19)12(13,14)10-7(15)4-3-5-8(10)16/h3-6,17H,1-2H3. The van der Waals surface area contributed by atoms with Crippen LogP contribution in [0.4, 0.5) is 8.78 Å². The number of rotatable bonds is 3. The van der Waals surface area contributed by atoms with Gasteiger partial charge in [0, 0.05) is 0 Å². The Bertz CT molecular complexity index is 699. The third kappa shape index (κ3) is 2.81. The van der Waals surface area contributed by atoms with Crippen molar-refractivity contribution in [3.8, 4) is 0 Å². The molecule has 1 aliphatic heterocycles. The van der Waals surface area contributed by atoms with Gasteiger partial charge in [-0.1, -0.05) is 17.7 Å². The predicted molar refractivity (Wildman–Crippen MR) is 78.1 cm³/mol. The molecular formula is C12H11BrClF2NO3S. The molecule has 0 saturated carbocycles. The first-order valence-electron chi connectivity index (χ1n) is 5.73. The van der Waals surface area contributed by atoms with Crippen molar-refractivity contribution in [3.05, 3.63) is 46.5 Å². The minimum Gasteiger partial charge on any atom is -0.265 e. The average Bonchev–Trinajstić information content (AvgIpc) is 2.69. The van der Waals surface area contributed by atoms with Crippen LogP contribution in [0.25, 0.3) is 0 Å². The van der Waals surface area contributed by atoms with Crippen molar-refractivity contribution in [1.82, 2.24) is 5.48 Å². The number of alkyl halides is 2. The molecule has 0 saturated heterocycles. The molecule has 2 rings (SSSR count). The van der Waals surface area contributed by atoms with Gasteiger partial charge in [0.2, 0.25) is 13.0 Å². The smallest absolute Gasteiger partial charge is 0.236 e. The quantitative estimate of drug-likeness (QED) is 0.789. The summed E-state index contributed by atoms with van der Waals surface area (Å²) in [7, 11) is -4.38. The number of nitrogens with one attached hydrogen (secondary N) is 1. The molecule has 1 unspecified atom stereocenters. The Kier molecular flexibility index (Phi) is 4.12. The molecular weight excluding hydrogens is 392 g/mol. The Morgan fingerprint density at radius 3 is 2.29 bits per heavy atom. The van der Waals surface area contributed by atoms with Crippen LogP contribution < -0.4 is 5.48 Å². The van der Waals surface area contributed by atoms with Gasteiger partial charge in [0.05, 0.1) is 5.56 Å². The lowest BCUT2D eigenvalue weighted by molar-refractivity contribution is -0.0129. The van der Waals surface area contributed by atoms with E-state index in [2.05, 4.69) is 21.4 Å². The van der Waals surface area contributed by atoms with Crippen LogP contribution >= 0.6 is 27.5 Å². The fraction of sp³-hybridized carbons (Fsp3) is 0.333. The SMILES string of the molecule is CC1(C)C=C(S(=O)(=O)C(Cl)(Br)c2c(F)cccc2F)NO1. The topological polar surface area (TPSA) is 55.4 Å². The molecule has 1 aliphatic rings. The van der Waals surface area contributed by atoms with Crippen LogP contribution in [0.15, 0.2) is 29.3 Å². The van der Waals surface area contributed by atoms with E-state index < -0.39 is 35.8 Å². The second-order valence-corrected chi connectivity index (χ2v) is 9.95. The number of hydrogen-bond acceptors (Lipinski definition) is 4. The van der Waals surface area contributed by atoms with Crippen molar-refractivity contribution in [1.29, 1.82) is 0 Å². The van der Waals surface area contributed by atoms with Crippen molar-refractivity contribution in [2.75, 3.05) is 0 Å². The molecule has 0 bridgehead atoms. The number of sulfone groups is 1. The molecule has 21 heavy (non-hydrogen) atoms. The van der Waals surface area contributed by atoms with Crippen LogP contribution in [-0.4, -0.2) is 14.0 Å². The summed E-state index contributed by atoms with van der Waals surface area (Å²) in [6.45, 7) is 3.21. The van der Waals surface area contributed by atoms with E-state index in [1.165, 1.54) is 6.08 Å². The summed E-state index contributed by atoms with van der Waals surface area (Å²) in [5.41, 5.74) is 0.517. The highest BCUT2D eigenvalue weighted by Gasteiger charge is 2.49. The van der Waals surface area contributed by atoms with Crippen LogP contribution in [0.2, 0.25) is 0 Å². The number of hydrogen-bond donors (Lipinski definition) is 1. The van der Waals surface area contributed by atoms with Gasteiger partial charge < -0.3 is 0 Å². The summed E-state index contributed by atoms with van der Waals surface area (Å²) in [5.74, 6) is -2.16. The van der Waals surface area contributed by atoms with Crippen molar-refractivity contribution in [2.45, 2.75) is 22.6 Å². The van der Waals surface area contributed by atoms with Crippen LogP contribution in [0, 0.1) is 11.6 Å². The Morgan fingerprint density at radius 2 is 1.86 bits per heavy atom. The Labute approximate surface area is 134 Å². The molecule has 116 valence electrons. The zero-order valence-electron chi connectivity index (χ0n) is 11.0. The van der Waals surface area contributed by atoms with E-state index in [0.29, 0.717) is 0 Å². The third-order valence-electron chi connectivity index (χ3n) is 2.77. The first kappa shape index (κ1) is 16.7. The zero-order chi connectivity index (χ0) is 16.1. The van der Waals surface area contributed by atoms with E-state index in [1.54, 1.807) is 13.8 Å². The molecule has 0 radical (unpaired) electrons. The fourth-order valence-corrected chi connectivity index (χ4v) is 4.40. The largest absolute Gasteiger partial charge is 0.265 e. The van der Waals surface area contributed by atoms with Crippen molar-refractivity contribution < 1.29 is 22.0 Å². The Balaban J connectivity index is 2.59. The monoisotopic (exact) mass is 401 g/mol. The highest BCUT2D eigenvalue weighted by molar-refractivity contribution is 9.11. The highest BCUT2D eigenvalue weighted by Crippen LogP contribution is 2.47. The van der Waals surface area contributed by atoms with Gasteiger partial charge in [-0.3, -0.25) is 10.3 Å². The molecule has 1 aromatic carbocycles. The van der Waals surface area contributed by atoms with Gasteiger partial charge in [-0.25, -0.2) is 17.2 Å². The van der Waals surface area contributed by atoms with Crippen molar-refractivity contribution >= 4 is 37.4 Å². The van der Waals surface area contributed by atoms with Crippen LogP contribution in [0.3, 0.4) is 0 Å². The van der Waals surface area contributed by atoms with Gasteiger partial charge in [-0.2, -0.15) is 0 Å². The first-order chi connectivity index (χ1) is 9.49. The summed E-state index contributed by atoms with van der Waals surface area (Å²) < 4.78 is 50.2. The molecule has 4 nitrogen and oxygen atoms in total. The number of benzene rings is 1. The summed E-state index contributed by atoms with van der Waals surface area (Å²) >= 11 is 8.67. The molecule has 0 amide bonds. The third-order valence-corrected chi connectivity index (χ3v) is 6.91. The van der Waals surface area contributed by atoms with E-state index in [1.807, 2.05) is 0 Å². The van der Waals surface area contributed by atoms with Gasteiger partial charge in [0.1, 0.15) is 17.2 Å². The van der Waals surface area contributed by atoms with E-state index in [0.717, 1.165) is 18.2 Å². The Hall–Kier alpha value is -0.700. The van der Waals surface area contributed by atoms with Crippen LogP contribution in [0.1, 0.15) is 19.4 Å². The average molecular weight is 403 g/mol. The van der Waals surface area contributed by atoms with Crippen LogP contribution in [0.5, 0.6) is 0 Å². The van der Waals surface area contributed by atoms with E-state index in [4.69, 9.17) is 16.4 Å². The van der Waals surface area contributed by atoms with Crippen LogP contribution in [-0.2, 0) is 17.8 Å². The van der Waals surface area contributed by atoms with Gasteiger partial charge in [-0.05, 0) is 48.0 Å². The number of hydroxylamine groups is 1. The zero-order valence-corrected chi connectivity index (χ0v) is 14.1. The molecule has 1 aromatic rings. The van der Waals surface area contributed by atoms with Gasteiger partial charge in [0.15, 0.2) is 5.03 Å². The molecule has 1 heterocycles. The van der Waals surface area contributed by atoms with Gasteiger partial charge in [-0.15, -0.1) is 0 Å².